The quantitative estimate of drug-likeness (QED) is 0.687. The zero-order chi connectivity index (χ0) is 17.6. The fourth-order valence-corrected chi connectivity index (χ4v) is 2.38. The Morgan fingerprint density at radius 1 is 1.04 bits per heavy atom. The third kappa shape index (κ3) is 4.22. The van der Waals surface area contributed by atoms with E-state index in [-0.39, 0.29) is 6.61 Å². The van der Waals surface area contributed by atoms with Crippen molar-refractivity contribution >= 4 is 11.6 Å². The minimum absolute atomic E-state index is 0.281. The summed E-state index contributed by atoms with van der Waals surface area (Å²) < 4.78 is 16.5. The van der Waals surface area contributed by atoms with Gasteiger partial charge in [0, 0.05) is 10.6 Å². The monoisotopic (exact) mass is 359 g/mol. The molecule has 2 aromatic carbocycles. The minimum atomic E-state index is 0.281. The number of ether oxygens (including phenoxy) is 3. The summed E-state index contributed by atoms with van der Waals surface area (Å²) in [5.41, 5.74) is 0.832. The summed E-state index contributed by atoms with van der Waals surface area (Å²) in [6.07, 6.45) is 0. The maximum absolute atomic E-state index is 5.85. The van der Waals surface area contributed by atoms with Gasteiger partial charge < -0.3 is 14.2 Å². The molecule has 3 aromatic rings. The number of aromatic nitrogens is 3. The van der Waals surface area contributed by atoms with E-state index in [9.17, 15) is 0 Å². The van der Waals surface area contributed by atoms with Crippen LogP contribution >= 0.6 is 11.6 Å². The Hall–Kier alpha value is -2.73. The Morgan fingerprint density at radius 3 is 2.56 bits per heavy atom. The molecule has 1 N–H and O–H groups in total. The van der Waals surface area contributed by atoms with Gasteiger partial charge in [-0.1, -0.05) is 11.6 Å². The summed E-state index contributed by atoms with van der Waals surface area (Å²) in [7, 11) is 1.61. The molecule has 0 saturated heterocycles. The van der Waals surface area contributed by atoms with Crippen molar-refractivity contribution in [2.75, 3.05) is 13.7 Å². The largest absolute Gasteiger partial charge is 0.493 e. The maximum atomic E-state index is 5.85. The number of aromatic amines is 1. The van der Waals surface area contributed by atoms with Gasteiger partial charge in [0.1, 0.15) is 12.4 Å². The number of hydrogen-bond donors (Lipinski definition) is 1. The van der Waals surface area contributed by atoms with Gasteiger partial charge in [-0.15, -0.1) is 0 Å². The van der Waals surface area contributed by atoms with E-state index in [2.05, 4.69) is 15.2 Å². The Kier molecular flexibility index (Phi) is 5.40. The Morgan fingerprint density at radius 2 is 1.84 bits per heavy atom. The second-order valence-electron chi connectivity index (χ2n) is 5.15. The van der Waals surface area contributed by atoms with Gasteiger partial charge >= 0.3 is 0 Å². The number of methoxy groups -OCH3 is 1. The highest BCUT2D eigenvalue weighted by Crippen LogP contribution is 2.31. The molecule has 3 rings (SSSR count). The molecular formula is C18H18ClN3O3. The van der Waals surface area contributed by atoms with Crippen molar-refractivity contribution in [3.8, 4) is 28.6 Å². The number of nitrogens with one attached hydrogen (secondary N) is 1. The molecule has 25 heavy (non-hydrogen) atoms. The lowest BCUT2D eigenvalue weighted by Gasteiger charge is -2.09. The van der Waals surface area contributed by atoms with Crippen LogP contribution in [0.5, 0.6) is 17.2 Å². The van der Waals surface area contributed by atoms with Crippen LogP contribution < -0.4 is 14.2 Å². The smallest absolute Gasteiger partial charge is 0.181 e. The molecule has 7 heteroatoms. The fourth-order valence-electron chi connectivity index (χ4n) is 2.26. The molecule has 1 heterocycles. The number of hydrogen-bond acceptors (Lipinski definition) is 5. The average molecular weight is 360 g/mol. The summed E-state index contributed by atoms with van der Waals surface area (Å²) >= 11 is 5.85. The van der Waals surface area contributed by atoms with Gasteiger partial charge in [-0.3, -0.25) is 5.10 Å². The lowest BCUT2D eigenvalue weighted by atomic mass is 10.2. The highest BCUT2D eigenvalue weighted by atomic mass is 35.5. The van der Waals surface area contributed by atoms with Gasteiger partial charge in [-0.05, 0) is 49.4 Å². The normalized spacial score (nSPS) is 10.5. The van der Waals surface area contributed by atoms with E-state index in [1.54, 1.807) is 31.4 Å². The van der Waals surface area contributed by atoms with E-state index in [0.717, 1.165) is 5.56 Å². The predicted octanol–water partition coefficient (Wildman–Crippen LogP) is 4.11. The second-order valence-corrected chi connectivity index (χ2v) is 5.58. The molecule has 0 amide bonds. The highest BCUT2D eigenvalue weighted by Gasteiger charge is 2.11. The van der Waals surface area contributed by atoms with Crippen molar-refractivity contribution in [2.24, 2.45) is 0 Å². The molecule has 0 aliphatic carbocycles. The summed E-state index contributed by atoms with van der Waals surface area (Å²) in [6.45, 7) is 2.75. The summed E-state index contributed by atoms with van der Waals surface area (Å²) in [5.74, 6) is 3.24. The molecule has 0 radical (unpaired) electrons. The first-order valence-electron chi connectivity index (χ1n) is 7.80. The van der Waals surface area contributed by atoms with Crippen LogP contribution in [0.4, 0.5) is 0 Å². The van der Waals surface area contributed by atoms with Gasteiger partial charge in [-0.25, -0.2) is 4.98 Å². The zero-order valence-corrected chi connectivity index (χ0v) is 14.7. The van der Waals surface area contributed by atoms with E-state index in [4.69, 9.17) is 25.8 Å². The Labute approximate surface area is 150 Å². The number of halogens is 1. The highest BCUT2D eigenvalue weighted by molar-refractivity contribution is 6.30. The van der Waals surface area contributed by atoms with Crippen LogP contribution in [0.25, 0.3) is 11.4 Å². The molecule has 0 fully saturated rings. The van der Waals surface area contributed by atoms with Crippen LogP contribution in [0.2, 0.25) is 5.02 Å². The van der Waals surface area contributed by atoms with Crippen LogP contribution in [0.1, 0.15) is 12.7 Å². The molecule has 6 nitrogen and oxygen atoms in total. The lowest BCUT2D eigenvalue weighted by Crippen LogP contribution is -1.97. The topological polar surface area (TPSA) is 69.3 Å². The van der Waals surface area contributed by atoms with Gasteiger partial charge in [-0.2, -0.15) is 5.10 Å². The van der Waals surface area contributed by atoms with Crippen molar-refractivity contribution in [3.05, 3.63) is 53.3 Å². The van der Waals surface area contributed by atoms with Crippen molar-refractivity contribution in [1.29, 1.82) is 0 Å². The molecular weight excluding hydrogens is 342 g/mol. The van der Waals surface area contributed by atoms with E-state index >= 15 is 0 Å². The van der Waals surface area contributed by atoms with Crippen LogP contribution in [0.3, 0.4) is 0 Å². The van der Waals surface area contributed by atoms with E-state index in [0.29, 0.717) is 40.5 Å². The first-order valence-corrected chi connectivity index (χ1v) is 8.18. The molecule has 0 spiro atoms. The number of H-pyrrole nitrogens is 1. The summed E-state index contributed by atoms with van der Waals surface area (Å²) in [5, 5.41) is 7.78. The van der Waals surface area contributed by atoms with Crippen molar-refractivity contribution in [3.63, 3.8) is 0 Å². The van der Waals surface area contributed by atoms with E-state index < -0.39 is 0 Å². The van der Waals surface area contributed by atoms with E-state index in [1.165, 1.54) is 0 Å². The first-order chi connectivity index (χ1) is 12.2. The minimum Gasteiger partial charge on any atom is -0.493 e. The Bertz CT molecular complexity index is 834. The number of rotatable bonds is 7. The van der Waals surface area contributed by atoms with Crippen LogP contribution in [0.15, 0.2) is 42.5 Å². The molecule has 130 valence electrons. The molecule has 0 aliphatic heterocycles. The third-order valence-corrected chi connectivity index (χ3v) is 3.69. The molecule has 0 aliphatic rings. The average Bonchev–Trinajstić information content (AvgIpc) is 3.10. The Balaban J connectivity index is 1.72. The number of benzene rings is 2. The van der Waals surface area contributed by atoms with E-state index in [1.807, 2.05) is 25.1 Å². The van der Waals surface area contributed by atoms with Gasteiger partial charge in [0.15, 0.2) is 23.1 Å². The molecule has 0 atom stereocenters. The first kappa shape index (κ1) is 17.1. The van der Waals surface area contributed by atoms with Crippen molar-refractivity contribution in [2.45, 2.75) is 13.5 Å². The summed E-state index contributed by atoms with van der Waals surface area (Å²) in [6, 6.07) is 12.7. The van der Waals surface area contributed by atoms with Crippen molar-refractivity contribution < 1.29 is 14.2 Å². The summed E-state index contributed by atoms with van der Waals surface area (Å²) in [4.78, 5) is 4.46. The van der Waals surface area contributed by atoms with Crippen molar-refractivity contribution in [1.82, 2.24) is 15.2 Å². The fraction of sp³-hybridized carbons (Fsp3) is 0.222. The maximum Gasteiger partial charge on any atom is 0.181 e. The zero-order valence-electron chi connectivity index (χ0n) is 14.0. The molecule has 1 aromatic heterocycles. The molecule has 0 saturated carbocycles. The standard InChI is InChI=1S/C18H18ClN3O3/c1-3-24-16-10-12(4-9-15(16)23-2)18-20-17(21-22-18)11-25-14-7-5-13(19)6-8-14/h4-10H,3,11H2,1-2H3,(H,20,21,22). The number of nitrogens with zero attached hydrogens (tertiary/aromatic N) is 2. The lowest BCUT2D eigenvalue weighted by molar-refractivity contribution is 0.296. The SMILES string of the molecule is CCOc1cc(-c2n[nH]c(COc3ccc(Cl)cc3)n2)ccc1OC. The molecule has 0 unspecified atom stereocenters. The predicted molar refractivity (Wildman–Crippen MR) is 95.3 cm³/mol. The van der Waals surface area contributed by atoms with Crippen LogP contribution in [-0.2, 0) is 6.61 Å². The van der Waals surface area contributed by atoms with Crippen LogP contribution in [0, 0.1) is 0 Å². The van der Waals surface area contributed by atoms with Gasteiger partial charge in [0.05, 0.1) is 13.7 Å². The van der Waals surface area contributed by atoms with Crippen LogP contribution in [-0.4, -0.2) is 28.9 Å². The second kappa shape index (κ2) is 7.90. The van der Waals surface area contributed by atoms with Gasteiger partial charge in [0.25, 0.3) is 0 Å². The van der Waals surface area contributed by atoms with Gasteiger partial charge in [0.2, 0.25) is 0 Å². The molecule has 0 bridgehead atoms. The third-order valence-electron chi connectivity index (χ3n) is 3.44.